The summed E-state index contributed by atoms with van der Waals surface area (Å²) in [6.45, 7) is 2.21. The van der Waals surface area contributed by atoms with Crippen LogP contribution >= 0.6 is 0 Å². The summed E-state index contributed by atoms with van der Waals surface area (Å²) < 4.78 is 2.02. The Labute approximate surface area is 148 Å². The molecule has 0 saturated carbocycles. The molecule has 0 bridgehead atoms. The minimum absolute atomic E-state index is 0.857. The molecule has 4 rings (SSSR count). The number of pyridine rings is 1. The molecule has 0 spiro atoms. The normalized spacial score (nSPS) is 14.6. The second-order valence-corrected chi connectivity index (χ2v) is 6.74. The third-order valence-corrected chi connectivity index (χ3v) is 5.02. The van der Waals surface area contributed by atoms with E-state index in [1.807, 2.05) is 24.1 Å². The zero-order valence-electron chi connectivity index (χ0n) is 14.9. The first kappa shape index (κ1) is 15.9. The number of imidazole rings is 1. The molecule has 0 atom stereocenters. The third-order valence-electron chi connectivity index (χ3n) is 5.02. The maximum Gasteiger partial charge on any atom is 0.132 e. The van der Waals surface area contributed by atoms with Gasteiger partial charge in [0.1, 0.15) is 11.3 Å². The molecule has 4 nitrogen and oxygen atoms in total. The van der Waals surface area contributed by atoms with Crippen molar-refractivity contribution in [2.24, 2.45) is 7.05 Å². The molecule has 0 unspecified atom stereocenters. The van der Waals surface area contributed by atoms with E-state index >= 15 is 0 Å². The fourth-order valence-electron chi connectivity index (χ4n) is 3.55. The Morgan fingerprint density at radius 2 is 2.08 bits per heavy atom. The highest BCUT2D eigenvalue weighted by molar-refractivity contribution is 5.79. The average Bonchev–Trinajstić information content (AvgIpc) is 3.03. The number of fused-ring (bicyclic) bond motifs is 1. The first-order chi connectivity index (χ1) is 12.2. The number of aromatic nitrogens is 3. The van der Waals surface area contributed by atoms with E-state index in [0.29, 0.717) is 0 Å². The molecule has 2 heterocycles. The lowest BCUT2D eigenvalue weighted by molar-refractivity contribution is 0.742. The smallest absolute Gasteiger partial charge is 0.132 e. The lowest BCUT2D eigenvalue weighted by atomic mass is 9.92. The van der Waals surface area contributed by atoms with E-state index in [4.69, 9.17) is 0 Å². The number of nitrogens with one attached hydrogen (secondary N) is 1. The zero-order valence-corrected chi connectivity index (χ0v) is 14.9. The molecular weight excluding hydrogens is 308 g/mol. The predicted molar refractivity (Wildman–Crippen MR) is 104 cm³/mol. The Hall–Kier alpha value is -2.62. The van der Waals surface area contributed by atoms with Gasteiger partial charge in [0.05, 0.1) is 18.0 Å². The number of aryl methyl sites for hydroxylation is 2. The van der Waals surface area contributed by atoms with Gasteiger partial charge in [-0.2, -0.15) is 0 Å². The highest BCUT2D eigenvalue weighted by Crippen LogP contribution is 2.30. The topological polar surface area (TPSA) is 42.7 Å². The van der Waals surface area contributed by atoms with Gasteiger partial charge in [-0.15, -0.1) is 0 Å². The molecule has 1 aromatic carbocycles. The monoisotopic (exact) mass is 332 g/mol. The van der Waals surface area contributed by atoms with Crippen LogP contribution in [0.1, 0.15) is 43.7 Å². The van der Waals surface area contributed by atoms with Gasteiger partial charge in [0.15, 0.2) is 0 Å². The number of allylic oxidation sites excluding steroid dienone is 2. The average molecular weight is 332 g/mol. The van der Waals surface area contributed by atoms with Gasteiger partial charge in [-0.3, -0.25) is 0 Å². The van der Waals surface area contributed by atoms with Gasteiger partial charge in [0, 0.05) is 18.8 Å². The third kappa shape index (κ3) is 3.16. The minimum atomic E-state index is 0.857. The van der Waals surface area contributed by atoms with Crippen LogP contribution in [0.5, 0.6) is 0 Å². The summed E-state index contributed by atoms with van der Waals surface area (Å²) in [5, 5.41) is 3.49. The van der Waals surface area contributed by atoms with Crippen LogP contribution < -0.4 is 5.32 Å². The molecule has 25 heavy (non-hydrogen) atoms. The zero-order chi connectivity index (χ0) is 17.2. The molecule has 1 aliphatic carbocycles. The van der Waals surface area contributed by atoms with Crippen molar-refractivity contribution < 1.29 is 0 Å². The Balaban J connectivity index is 1.64. The summed E-state index contributed by atoms with van der Waals surface area (Å²) in [6.07, 6.45) is 12.1. The molecular formula is C21H24N4. The van der Waals surface area contributed by atoms with Crippen molar-refractivity contribution in [3.05, 3.63) is 54.0 Å². The Bertz CT molecular complexity index is 936. The lowest BCUT2D eigenvalue weighted by Gasteiger charge is -2.16. The summed E-state index contributed by atoms with van der Waals surface area (Å²) in [7, 11) is 2.00. The van der Waals surface area contributed by atoms with E-state index in [1.54, 1.807) is 0 Å². The summed E-state index contributed by atoms with van der Waals surface area (Å²) in [5.74, 6) is 0.857. The van der Waals surface area contributed by atoms with Crippen LogP contribution in [0.4, 0.5) is 11.5 Å². The van der Waals surface area contributed by atoms with Crippen LogP contribution in [-0.4, -0.2) is 14.5 Å². The van der Waals surface area contributed by atoms with Gasteiger partial charge in [0.2, 0.25) is 0 Å². The van der Waals surface area contributed by atoms with Crippen molar-refractivity contribution in [2.75, 3.05) is 5.32 Å². The van der Waals surface area contributed by atoms with Crippen molar-refractivity contribution in [1.29, 1.82) is 0 Å². The molecule has 128 valence electrons. The van der Waals surface area contributed by atoms with Gasteiger partial charge in [-0.05, 0) is 60.9 Å². The molecule has 3 aromatic rings. The quantitative estimate of drug-likeness (QED) is 0.711. The summed E-state index contributed by atoms with van der Waals surface area (Å²) in [5.41, 5.74) is 7.34. The Kier molecular flexibility index (Phi) is 4.26. The summed E-state index contributed by atoms with van der Waals surface area (Å²) in [4.78, 5) is 8.83. The molecule has 0 aliphatic heterocycles. The van der Waals surface area contributed by atoms with Crippen LogP contribution in [-0.2, 0) is 13.5 Å². The summed E-state index contributed by atoms with van der Waals surface area (Å²) >= 11 is 0. The molecule has 1 aliphatic rings. The maximum atomic E-state index is 4.50. The second-order valence-electron chi connectivity index (χ2n) is 6.74. The molecule has 0 saturated heterocycles. The number of anilines is 2. The van der Waals surface area contributed by atoms with Crippen LogP contribution in [0.25, 0.3) is 16.6 Å². The van der Waals surface area contributed by atoms with E-state index in [1.165, 1.54) is 42.4 Å². The molecule has 2 aromatic heterocycles. The Morgan fingerprint density at radius 3 is 2.88 bits per heavy atom. The van der Waals surface area contributed by atoms with E-state index in [9.17, 15) is 0 Å². The second kappa shape index (κ2) is 6.71. The van der Waals surface area contributed by atoms with Crippen molar-refractivity contribution in [3.8, 4) is 0 Å². The first-order valence-electron chi connectivity index (χ1n) is 9.11. The van der Waals surface area contributed by atoms with Crippen molar-refractivity contribution in [1.82, 2.24) is 14.5 Å². The van der Waals surface area contributed by atoms with Crippen molar-refractivity contribution in [3.63, 3.8) is 0 Å². The number of hydrogen-bond donors (Lipinski definition) is 1. The molecule has 4 heteroatoms. The predicted octanol–water partition coefficient (Wildman–Crippen LogP) is 5.23. The lowest BCUT2D eigenvalue weighted by Crippen LogP contribution is -2.00. The molecule has 1 N–H and O–H groups in total. The van der Waals surface area contributed by atoms with E-state index in [2.05, 4.69) is 52.5 Å². The molecule has 0 radical (unpaired) electrons. The Morgan fingerprint density at radius 1 is 1.16 bits per heavy atom. The van der Waals surface area contributed by atoms with Crippen LogP contribution in [0.15, 0.2) is 42.9 Å². The number of benzene rings is 1. The van der Waals surface area contributed by atoms with Crippen LogP contribution in [0.3, 0.4) is 0 Å². The SMILES string of the molecule is CCc1cc(C2=CCCCC2)ccc1Nc1cc2c(cn1)ncn2C. The fraction of sp³-hybridized carbons (Fsp3) is 0.333. The highest BCUT2D eigenvalue weighted by atomic mass is 15.0. The van der Waals surface area contributed by atoms with Gasteiger partial charge in [0.25, 0.3) is 0 Å². The van der Waals surface area contributed by atoms with Gasteiger partial charge >= 0.3 is 0 Å². The van der Waals surface area contributed by atoms with Gasteiger partial charge < -0.3 is 9.88 Å². The van der Waals surface area contributed by atoms with Crippen LogP contribution in [0, 0.1) is 0 Å². The molecule has 0 fully saturated rings. The fourth-order valence-corrected chi connectivity index (χ4v) is 3.55. The van der Waals surface area contributed by atoms with Crippen molar-refractivity contribution >= 4 is 28.1 Å². The number of rotatable bonds is 4. The van der Waals surface area contributed by atoms with Gasteiger partial charge in [-0.25, -0.2) is 9.97 Å². The van der Waals surface area contributed by atoms with E-state index < -0.39 is 0 Å². The van der Waals surface area contributed by atoms with Crippen molar-refractivity contribution in [2.45, 2.75) is 39.0 Å². The summed E-state index contributed by atoms with van der Waals surface area (Å²) in [6, 6.07) is 8.82. The largest absolute Gasteiger partial charge is 0.340 e. The van der Waals surface area contributed by atoms with Crippen LogP contribution in [0.2, 0.25) is 0 Å². The minimum Gasteiger partial charge on any atom is -0.340 e. The molecule has 0 amide bonds. The first-order valence-corrected chi connectivity index (χ1v) is 9.11. The highest BCUT2D eigenvalue weighted by Gasteiger charge is 2.10. The number of hydrogen-bond acceptors (Lipinski definition) is 3. The maximum absolute atomic E-state index is 4.50. The van der Waals surface area contributed by atoms with E-state index in [0.717, 1.165) is 29.0 Å². The van der Waals surface area contributed by atoms with Gasteiger partial charge in [-0.1, -0.05) is 19.1 Å². The van der Waals surface area contributed by atoms with E-state index in [-0.39, 0.29) is 0 Å². The number of nitrogens with zero attached hydrogens (tertiary/aromatic N) is 3. The standard InChI is InChI=1S/C21H24N4/c1-3-15-11-17(16-7-5-4-6-8-16)9-10-18(15)24-21-12-20-19(13-22-21)23-14-25(20)2/h7,9-14H,3-6,8H2,1-2H3,(H,22,24).